The maximum atomic E-state index is 13.4. The number of aryl methyl sites for hydroxylation is 1. The van der Waals surface area contributed by atoms with Crippen LogP contribution in [0.25, 0.3) is 0 Å². The van der Waals surface area contributed by atoms with Crippen molar-refractivity contribution in [2.75, 3.05) is 13.2 Å². The fourth-order valence-electron chi connectivity index (χ4n) is 3.59. The molecule has 0 saturated carbocycles. The maximum absolute atomic E-state index is 13.4. The van der Waals surface area contributed by atoms with Crippen molar-refractivity contribution >= 4 is 5.91 Å². The molecule has 1 aliphatic rings. The number of aromatic nitrogens is 1. The normalized spacial score (nSPS) is 16.2. The van der Waals surface area contributed by atoms with Crippen LogP contribution in [0.3, 0.4) is 0 Å². The Labute approximate surface area is 169 Å². The Balaban J connectivity index is 1.39. The van der Waals surface area contributed by atoms with Crippen molar-refractivity contribution in [1.29, 1.82) is 0 Å². The quantitative estimate of drug-likeness (QED) is 0.620. The minimum atomic E-state index is -0.275. The predicted octanol–water partition coefficient (Wildman–Crippen LogP) is 4.46. The Bertz CT molecular complexity index is 984. The monoisotopic (exact) mass is 394 g/mol. The molecule has 29 heavy (non-hydrogen) atoms. The van der Waals surface area contributed by atoms with Crippen LogP contribution >= 0.6 is 0 Å². The minimum Gasteiger partial charge on any atom is -0.484 e. The number of carbonyl (C=O) groups is 1. The molecule has 1 aromatic heterocycles. The number of nitrogens with zero attached hydrogens (tertiary/aromatic N) is 2. The van der Waals surface area contributed by atoms with Crippen LogP contribution in [0.2, 0.25) is 0 Å². The first-order valence-corrected chi connectivity index (χ1v) is 9.76. The zero-order valence-corrected chi connectivity index (χ0v) is 16.3. The third-order valence-corrected chi connectivity index (χ3v) is 5.08. The van der Waals surface area contributed by atoms with Gasteiger partial charge in [-0.2, -0.15) is 0 Å². The SMILES string of the molecule is Cc1ccc(OCC(=O)N2CCC[C@@H]2c2ncc(Cc3cccc(F)c3)o2)cc1. The van der Waals surface area contributed by atoms with E-state index in [9.17, 15) is 9.18 Å². The average Bonchev–Trinajstić information content (AvgIpc) is 3.36. The first-order chi connectivity index (χ1) is 14.1. The van der Waals surface area contributed by atoms with Crippen LogP contribution in [0.4, 0.5) is 4.39 Å². The van der Waals surface area contributed by atoms with E-state index in [4.69, 9.17) is 9.15 Å². The molecular formula is C23H23FN2O3. The molecule has 1 saturated heterocycles. The summed E-state index contributed by atoms with van der Waals surface area (Å²) in [5, 5.41) is 0. The second-order valence-electron chi connectivity index (χ2n) is 7.32. The summed E-state index contributed by atoms with van der Waals surface area (Å²) in [6.07, 6.45) is 3.81. The molecule has 3 aromatic rings. The minimum absolute atomic E-state index is 0.0174. The number of likely N-dealkylation sites (tertiary alicyclic amines) is 1. The number of benzene rings is 2. The van der Waals surface area contributed by atoms with E-state index in [0.29, 0.717) is 30.4 Å². The summed E-state index contributed by atoms with van der Waals surface area (Å²) in [6, 6.07) is 13.8. The van der Waals surface area contributed by atoms with Gasteiger partial charge in [-0.25, -0.2) is 9.37 Å². The van der Waals surface area contributed by atoms with Crippen molar-refractivity contribution < 1.29 is 18.3 Å². The van der Waals surface area contributed by atoms with Crippen LogP contribution in [-0.4, -0.2) is 28.9 Å². The van der Waals surface area contributed by atoms with Crippen molar-refractivity contribution in [2.45, 2.75) is 32.2 Å². The van der Waals surface area contributed by atoms with E-state index >= 15 is 0 Å². The second-order valence-corrected chi connectivity index (χ2v) is 7.32. The smallest absolute Gasteiger partial charge is 0.261 e. The van der Waals surface area contributed by atoms with E-state index in [-0.39, 0.29) is 24.4 Å². The third-order valence-electron chi connectivity index (χ3n) is 5.08. The molecule has 0 radical (unpaired) electrons. The van der Waals surface area contributed by atoms with Gasteiger partial charge in [0.25, 0.3) is 5.91 Å². The van der Waals surface area contributed by atoms with Gasteiger partial charge in [-0.05, 0) is 49.6 Å². The van der Waals surface area contributed by atoms with E-state index < -0.39 is 0 Å². The van der Waals surface area contributed by atoms with Gasteiger partial charge in [0.1, 0.15) is 23.4 Å². The molecule has 1 amide bonds. The van der Waals surface area contributed by atoms with Gasteiger partial charge in [-0.15, -0.1) is 0 Å². The maximum Gasteiger partial charge on any atom is 0.261 e. The molecule has 5 nitrogen and oxygen atoms in total. The number of rotatable bonds is 6. The molecule has 1 fully saturated rings. The molecule has 4 rings (SSSR count). The summed E-state index contributed by atoms with van der Waals surface area (Å²) >= 11 is 0. The Kier molecular flexibility index (Phi) is 5.60. The molecule has 0 aliphatic carbocycles. The van der Waals surface area contributed by atoms with Gasteiger partial charge >= 0.3 is 0 Å². The lowest BCUT2D eigenvalue weighted by molar-refractivity contribution is -0.134. The second kappa shape index (κ2) is 8.47. The highest BCUT2D eigenvalue weighted by molar-refractivity contribution is 5.78. The molecule has 2 aromatic carbocycles. The summed E-state index contributed by atoms with van der Waals surface area (Å²) in [6.45, 7) is 2.64. The van der Waals surface area contributed by atoms with Crippen molar-refractivity contribution in [2.24, 2.45) is 0 Å². The zero-order valence-electron chi connectivity index (χ0n) is 16.3. The van der Waals surface area contributed by atoms with Gasteiger partial charge in [-0.3, -0.25) is 4.79 Å². The molecule has 0 spiro atoms. The number of ether oxygens (including phenoxy) is 1. The van der Waals surface area contributed by atoms with Crippen molar-refractivity contribution in [1.82, 2.24) is 9.88 Å². The van der Waals surface area contributed by atoms with Crippen LogP contribution in [0.1, 0.15) is 41.7 Å². The molecule has 0 unspecified atom stereocenters. The predicted molar refractivity (Wildman–Crippen MR) is 106 cm³/mol. The fraction of sp³-hybridized carbons (Fsp3) is 0.304. The summed E-state index contributed by atoms with van der Waals surface area (Å²) in [5.74, 6) is 1.49. The van der Waals surface area contributed by atoms with Gasteiger partial charge < -0.3 is 14.1 Å². The molecule has 150 valence electrons. The van der Waals surface area contributed by atoms with Gasteiger partial charge in [0.15, 0.2) is 6.61 Å². The Morgan fingerprint density at radius 2 is 2.10 bits per heavy atom. The number of carbonyl (C=O) groups excluding carboxylic acids is 1. The molecule has 1 atom stereocenters. The van der Waals surface area contributed by atoms with E-state index in [1.807, 2.05) is 37.3 Å². The van der Waals surface area contributed by atoms with Gasteiger partial charge in [0.05, 0.1) is 6.20 Å². The molecule has 1 aliphatic heterocycles. The number of hydrogen-bond donors (Lipinski definition) is 0. The van der Waals surface area contributed by atoms with Gasteiger partial charge in [0.2, 0.25) is 5.89 Å². The zero-order chi connectivity index (χ0) is 20.2. The van der Waals surface area contributed by atoms with E-state index in [2.05, 4.69) is 4.98 Å². The van der Waals surface area contributed by atoms with Crippen molar-refractivity contribution in [3.63, 3.8) is 0 Å². The van der Waals surface area contributed by atoms with E-state index in [1.165, 1.54) is 12.1 Å². The lowest BCUT2D eigenvalue weighted by Crippen LogP contribution is -2.34. The summed E-state index contributed by atoms with van der Waals surface area (Å²) < 4.78 is 24.9. The lowest BCUT2D eigenvalue weighted by Gasteiger charge is -2.22. The van der Waals surface area contributed by atoms with Gasteiger partial charge in [-0.1, -0.05) is 29.8 Å². The van der Waals surface area contributed by atoms with Crippen molar-refractivity contribution in [3.8, 4) is 5.75 Å². The van der Waals surface area contributed by atoms with Crippen LogP contribution < -0.4 is 4.74 Å². The molecular weight excluding hydrogens is 371 g/mol. The van der Waals surface area contributed by atoms with Crippen LogP contribution in [0, 0.1) is 12.7 Å². The molecule has 0 bridgehead atoms. The largest absolute Gasteiger partial charge is 0.484 e. The number of hydrogen-bond acceptors (Lipinski definition) is 4. The first kappa shape index (κ1) is 19.2. The lowest BCUT2D eigenvalue weighted by atomic mass is 10.1. The number of amides is 1. The van der Waals surface area contributed by atoms with Crippen LogP contribution in [0.15, 0.2) is 59.1 Å². The van der Waals surface area contributed by atoms with E-state index in [0.717, 1.165) is 24.0 Å². The first-order valence-electron chi connectivity index (χ1n) is 9.76. The Morgan fingerprint density at radius 3 is 2.90 bits per heavy atom. The Morgan fingerprint density at radius 1 is 1.28 bits per heavy atom. The van der Waals surface area contributed by atoms with Crippen LogP contribution in [-0.2, 0) is 11.2 Å². The Hall–Kier alpha value is -3.15. The highest BCUT2D eigenvalue weighted by Crippen LogP contribution is 2.32. The fourth-order valence-corrected chi connectivity index (χ4v) is 3.59. The molecule has 0 N–H and O–H groups in total. The summed E-state index contributed by atoms with van der Waals surface area (Å²) in [5.41, 5.74) is 1.96. The summed E-state index contributed by atoms with van der Waals surface area (Å²) in [7, 11) is 0. The highest BCUT2D eigenvalue weighted by Gasteiger charge is 2.33. The number of oxazole rings is 1. The molecule has 6 heteroatoms. The van der Waals surface area contributed by atoms with E-state index in [1.54, 1.807) is 17.2 Å². The van der Waals surface area contributed by atoms with Crippen molar-refractivity contribution in [3.05, 3.63) is 83.3 Å². The topological polar surface area (TPSA) is 55.6 Å². The standard InChI is InChI=1S/C23H23FN2O3/c1-16-7-9-19(10-8-16)28-15-22(27)26-11-3-6-21(26)23-25-14-20(29-23)13-17-4-2-5-18(24)12-17/h2,4-5,7-10,12,14,21H,3,6,11,13,15H2,1H3/t21-/m1/s1. The molecule has 2 heterocycles. The van der Waals surface area contributed by atoms with Crippen LogP contribution in [0.5, 0.6) is 5.75 Å². The number of halogens is 1. The average molecular weight is 394 g/mol. The third kappa shape index (κ3) is 4.65. The highest BCUT2D eigenvalue weighted by atomic mass is 19.1. The summed E-state index contributed by atoms with van der Waals surface area (Å²) in [4.78, 5) is 18.8. The van der Waals surface area contributed by atoms with Gasteiger partial charge in [0, 0.05) is 13.0 Å².